The molecule has 1 saturated carbocycles. The molecule has 2 aromatic rings. The average Bonchev–Trinajstić information content (AvgIpc) is 3.48. The van der Waals surface area contributed by atoms with Gasteiger partial charge in [-0.1, -0.05) is 50.1 Å². The van der Waals surface area contributed by atoms with Crippen LogP contribution in [0.1, 0.15) is 55.8 Å². The number of piperazine rings is 1. The van der Waals surface area contributed by atoms with Gasteiger partial charge in [0.2, 0.25) is 5.91 Å². The first-order valence-corrected chi connectivity index (χ1v) is 15.4. The van der Waals surface area contributed by atoms with Crippen LogP contribution >= 0.6 is 0 Å². The largest absolute Gasteiger partial charge is 0.465 e. The number of aliphatic hydroxyl groups is 1. The van der Waals surface area contributed by atoms with Crippen LogP contribution in [0.15, 0.2) is 47.4 Å². The normalized spacial score (nSPS) is 22.5. The molecular weight excluding hydrogens is 593 g/mol. The Bertz CT molecular complexity index is 1480. The zero-order valence-corrected chi connectivity index (χ0v) is 25.3. The average molecular weight is 633 g/mol. The van der Waals surface area contributed by atoms with E-state index in [9.17, 15) is 42.6 Å². The summed E-state index contributed by atoms with van der Waals surface area (Å²) in [6.45, 7) is 1.95. The molecule has 0 unspecified atom stereocenters. The number of halogens is 3. The van der Waals surface area contributed by atoms with Gasteiger partial charge in [0.05, 0.1) is 24.1 Å². The van der Waals surface area contributed by atoms with Gasteiger partial charge in [-0.15, -0.1) is 0 Å². The van der Waals surface area contributed by atoms with Gasteiger partial charge in [0.15, 0.2) is 0 Å². The number of aromatic nitrogens is 1. The number of carbonyl (C=O) groups excluding carboxylic acids is 2. The van der Waals surface area contributed by atoms with Gasteiger partial charge in [-0.05, 0) is 24.8 Å². The second-order valence-corrected chi connectivity index (χ2v) is 12.7. The Labute approximate surface area is 259 Å². The number of nitrogens with zero attached hydrogens (tertiary/aromatic N) is 4. The van der Waals surface area contributed by atoms with Crippen LogP contribution in [0.5, 0.6) is 0 Å². The number of hydrogen-bond acceptors (Lipinski definition) is 5. The van der Waals surface area contributed by atoms with Crippen LogP contribution in [0, 0.1) is 11.3 Å². The molecule has 10 nitrogen and oxygen atoms in total. The third kappa shape index (κ3) is 6.73. The van der Waals surface area contributed by atoms with Crippen molar-refractivity contribution in [1.82, 2.24) is 19.3 Å². The molecule has 2 saturated heterocycles. The number of pyridine rings is 1. The summed E-state index contributed by atoms with van der Waals surface area (Å²) in [6.07, 6.45) is -2.56. The minimum absolute atomic E-state index is 0.0514. The number of benzene rings is 1. The second-order valence-electron chi connectivity index (χ2n) is 12.7. The van der Waals surface area contributed by atoms with Crippen LogP contribution in [0.3, 0.4) is 0 Å². The molecule has 3 fully saturated rings. The van der Waals surface area contributed by atoms with E-state index in [2.05, 4.69) is 0 Å². The predicted molar refractivity (Wildman–Crippen MR) is 159 cm³/mol. The van der Waals surface area contributed by atoms with Crippen molar-refractivity contribution in [3.63, 3.8) is 0 Å². The molecule has 2 aliphatic heterocycles. The molecule has 3 heterocycles. The van der Waals surface area contributed by atoms with Crippen molar-refractivity contribution in [1.29, 1.82) is 0 Å². The van der Waals surface area contributed by atoms with Crippen LogP contribution in [-0.4, -0.2) is 98.4 Å². The van der Waals surface area contributed by atoms with Gasteiger partial charge in [0.25, 0.3) is 11.5 Å². The maximum atomic E-state index is 13.9. The first-order valence-electron chi connectivity index (χ1n) is 15.4. The molecule has 0 bridgehead atoms. The smallest absolute Gasteiger partial charge is 0.407 e. The molecule has 1 aromatic heterocycles. The number of piperidine rings is 1. The minimum atomic E-state index is -4.47. The van der Waals surface area contributed by atoms with Crippen LogP contribution in [0.25, 0.3) is 11.1 Å². The number of carbonyl (C=O) groups is 3. The summed E-state index contributed by atoms with van der Waals surface area (Å²) >= 11 is 0. The molecule has 1 aliphatic carbocycles. The van der Waals surface area contributed by atoms with E-state index in [-0.39, 0.29) is 63.7 Å². The standard InChI is InChI=1S/C32H39F3N4O6/c1-22(18-32(33,34)35)27(41)38-12-11-31(45,30(20-38)9-5-6-10-30)21-39-19-25(24(17-26(39)40)23-7-3-2-4-8-23)28(42)36-13-15-37(16-14-36)29(43)44/h2-4,7-8,17,19,22,45H,5-6,9-16,18,20-21H2,1H3,(H,43,44)/t22-,31-/m1/s1. The molecule has 1 spiro atoms. The number of likely N-dealkylation sites (tertiary alicyclic amines) is 1. The number of hydrogen-bond donors (Lipinski definition) is 2. The Kier molecular flexibility index (Phi) is 9.03. The van der Waals surface area contributed by atoms with E-state index in [1.54, 1.807) is 29.2 Å². The van der Waals surface area contributed by atoms with Crippen LogP contribution < -0.4 is 5.56 Å². The zero-order chi connectivity index (χ0) is 32.6. The van der Waals surface area contributed by atoms with Crippen molar-refractivity contribution in [3.05, 3.63) is 58.5 Å². The Morgan fingerprint density at radius 1 is 0.933 bits per heavy atom. The van der Waals surface area contributed by atoms with Gasteiger partial charge >= 0.3 is 12.3 Å². The summed E-state index contributed by atoms with van der Waals surface area (Å²) in [5, 5.41) is 21.6. The van der Waals surface area contributed by atoms with Crippen molar-refractivity contribution in [2.75, 3.05) is 39.3 Å². The van der Waals surface area contributed by atoms with E-state index < -0.39 is 47.1 Å². The quantitative estimate of drug-likeness (QED) is 0.495. The molecule has 2 atom stereocenters. The van der Waals surface area contributed by atoms with Crippen molar-refractivity contribution >= 4 is 17.9 Å². The van der Waals surface area contributed by atoms with Crippen molar-refractivity contribution < 1.29 is 37.8 Å². The number of rotatable bonds is 6. The van der Waals surface area contributed by atoms with Crippen LogP contribution in [-0.2, 0) is 11.3 Å². The highest BCUT2D eigenvalue weighted by molar-refractivity contribution is 6.00. The summed E-state index contributed by atoms with van der Waals surface area (Å²) in [5.41, 5.74) is -1.38. The minimum Gasteiger partial charge on any atom is -0.465 e. The maximum absolute atomic E-state index is 13.9. The Morgan fingerprint density at radius 3 is 2.16 bits per heavy atom. The highest BCUT2D eigenvalue weighted by Gasteiger charge is 2.56. The molecule has 45 heavy (non-hydrogen) atoms. The van der Waals surface area contributed by atoms with Gasteiger partial charge in [-0.3, -0.25) is 14.4 Å². The molecule has 244 valence electrons. The highest BCUT2D eigenvalue weighted by atomic mass is 19.4. The van der Waals surface area contributed by atoms with E-state index in [0.29, 0.717) is 24.0 Å². The predicted octanol–water partition coefficient (Wildman–Crippen LogP) is 4.06. The third-order valence-corrected chi connectivity index (χ3v) is 9.82. The fraction of sp³-hybridized carbons (Fsp3) is 0.562. The molecule has 3 aliphatic rings. The first-order chi connectivity index (χ1) is 21.2. The Hall–Kier alpha value is -3.87. The fourth-order valence-electron chi connectivity index (χ4n) is 7.31. The SMILES string of the molecule is C[C@H](CC(F)(F)F)C(=O)N1CC[C@@](O)(Cn2cc(C(=O)N3CCN(C(=O)O)CC3)c(-c3ccccc3)cc2=O)C2(CCCC2)C1. The van der Waals surface area contributed by atoms with Crippen molar-refractivity contribution in [2.24, 2.45) is 11.3 Å². The summed E-state index contributed by atoms with van der Waals surface area (Å²) < 4.78 is 40.4. The molecular formula is C32H39F3N4O6. The molecule has 3 amide bonds. The lowest BCUT2D eigenvalue weighted by Gasteiger charge is -2.52. The van der Waals surface area contributed by atoms with Crippen LogP contribution in [0.4, 0.5) is 18.0 Å². The van der Waals surface area contributed by atoms with E-state index in [0.717, 1.165) is 12.8 Å². The molecule has 13 heteroatoms. The Balaban J connectivity index is 1.45. The second kappa shape index (κ2) is 12.5. The first kappa shape index (κ1) is 32.5. The summed E-state index contributed by atoms with van der Waals surface area (Å²) in [7, 11) is 0. The van der Waals surface area contributed by atoms with E-state index >= 15 is 0 Å². The number of carboxylic acid groups (broad SMARTS) is 1. The summed E-state index contributed by atoms with van der Waals surface area (Å²) in [4.78, 5) is 56.1. The fourth-order valence-corrected chi connectivity index (χ4v) is 7.31. The Morgan fingerprint density at radius 2 is 1.56 bits per heavy atom. The monoisotopic (exact) mass is 632 g/mol. The van der Waals surface area contributed by atoms with E-state index in [4.69, 9.17) is 0 Å². The van der Waals surface area contributed by atoms with Gasteiger partial charge in [0.1, 0.15) is 0 Å². The summed E-state index contributed by atoms with van der Waals surface area (Å²) in [5.74, 6) is -2.20. The van der Waals surface area contributed by atoms with Crippen LogP contribution in [0.2, 0.25) is 0 Å². The molecule has 5 rings (SSSR count). The lowest BCUT2D eigenvalue weighted by atomic mass is 9.65. The summed E-state index contributed by atoms with van der Waals surface area (Å²) in [6, 6.07) is 10.3. The molecule has 2 N–H and O–H groups in total. The zero-order valence-electron chi connectivity index (χ0n) is 25.3. The topological polar surface area (TPSA) is 123 Å². The number of alkyl halides is 3. The van der Waals surface area contributed by atoms with Gasteiger partial charge in [-0.25, -0.2) is 4.79 Å². The maximum Gasteiger partial charge on any atom is 0.407 e. The number of amides is 3. The lowest BCUT2D eigenvalue weighted by molar-refractivity contribution is -0.172. The van der Waals surface area contributed by atoms with Gasteiger partial charge in [0, 0.05) is 68.4 Å². The van der Waals surface area contributed by atoms with E-state index in [1.165, 1.54) is 33.6 Å². The molecule has 0 radical (unpaired) electrons. The van der Waals surface area contributed by atoms with Gasteiger partial charge < -0.3 is 29.5 Å². The molecule has 1 aromatic carbocycles. The van der Waals surface area contributed by atoms with Crippen molar-refractivity contribution in [2.45, 2.75) is 63.8 Å². The highest BCUT2D eigenvalue weighted by Crippen LogP contribution is 2.52. The van der Waals surface area contributed by atoms with Crippen molar-refractivity contribution in [3.8, 4) is 11.1 Å². The van der Waals surface area contributed by atoms with Gasteiger partial charge in [-0.2, -0.15) is 13.2 Å². The van der Waals surface area contributed by atoms with E-state index in [1.807, 2.05) is 6.07 Å². The third-order valence-electron chi connectivity index (χ3n) is 9.82. The lowest BCUT2D eigenvalue weighted by Crippen LogP contribution is -2.62.